The van der Waals surface area contributed by atoms with Crippen LogP contribution in [0.4, 0.5) is 5.69 Å². The summed E-state index contributed by atoms with van der Waals surface area (Å²) in [6, 6.07) is 10.6. The molecule has 0 spiro atoms. The van der Waals surface area contributed by atoms with Gasteiger partial charge in [-0.2, -0.15) is 5.10 Å². The fourth-order valence-corrected chi connectivity index (χ4v) is 3.56. The molecule has 1 aromatic carbocycles. The first-order valence-corrected chi connectivity index (χ1v) is 10.2. The molecule has 3 aromatic rings. The Labute approximate surface area is 180 Å². The molecule has 0 radical (unpaired) electrons. The van der Waals surface area contributed by atoms with Crippen molar-refractivity contribution < 1.29 is 14.3 Å². The highest BCUT2D eigenvalue weighted by molar-refractivity contribution is 6.31. The summed E-state index contributed by atoms with van der Waals surface area (Å²) in [5, 5.41) is 7.78. The minimum absolute atomic E-state index is 0.0790. The number of carbonyl (C=O) groups excluding carboxylic acids is 1. The number of aromatic nitrogens is 3. The van der Waals surface area contributed by atoms with Gasteiger partial charge in [-0.1, -0.05) is 11.6 Å². The van der Waals surface area contributed by atoms with Gasteiger partial charge in [0.15, 0.2) is 5.82 Å². The van der Waals surface area contributed by atoms with E-state index >= 15 is 0 Å². The molecule has 0 bridgehead atoms. The van der Waals surface area contributed by atoms with E-state index in [2.05, 4.69) is 15.4 Å². The first kappa shape index (κ1) is 20.4. The zero-order valence-corrected chi connectivity index (χ0v) is 17.6. The van der Waals surface area contributed by atoms with Crippen molar-refractivity contribution in [2.45, 2.75) is 32.8 Å². The number of nitrogens with zero attached hydrogens (tertiary/aromatic N) is 3. The maximum absolute atomic E-state index is 12.8. The molecule has 7 nitrogen and oxygen atoms in total. The average molecular weight is 427 g/mol. The van der Waals surface area contributed by atoms with Crippen molar-refractivity contribution >= 4 is 23.2 Å². The molecule has 1 amide bonds. The van der Waals surface area contributed by atoms with Gasteiger partial charge < -0.3 is 14.8 Å². The normalized spacial score (nSPS) is 15.9. The number of ether oxygens (including phenoxy) is 2. The molecule has 1 saturated heterocycles. The van der Waals surface area contributed by atoms with Gasteiger partial charge in [-0.25, -0.2) is 9.67 Å². The number of benzene rings is 1. The molecule has 2 aromatic heterocycles. The number of pyridine rings is 1. The summed E-state index contributed by atoms with van der Waals surface area (Å²) in [4.78, 5) is 17.1. The van der Waals surface area contributed by atoms with E-state index in [1.54, 1.807) is 35.0 Å². The smallest absolute Gasteiger partial charge is 0.257 e. The van der Waals surface area contributed by atoms with Gasteiger partial charge in [0.25, 0.3) is 5.91 Å². The monoisotopic (exact) mass is 426 g/mol. The quantitative estimate of drug-likeness (QED) is 0.634. The predicted molar refractivity (Wildman–Crippen MR) is 115 cm³/mol. The Bertz CT molecular complexity index is 1040. The fourth-order valence-electron chi connectivity index (χ4n) is 3.39. The molecule has 1 aliphatic heterocycles. The molecule has 4 rings (SSSR count). The molecule has 1 fully saturated rings. The van der Waals surface area contributed by atoms with Crippen LogP contribution in [-0.4, -0.2) is 40.0 Å². The molecular weight excluding hydrogens is 404 g/mol. The van der Waals surface area contributed by atoms with Gasteiger partial charge in [0.2, 0.25) is 0 Å². The summed E-state index contributed by atoms with van der Waals surface area (Å²) in [5.41, 5.74) is 2.82. The molecule has 1 atom stereocenters. The highest BCUT2D eigenvalue weighted by Crippen LogP contribution is 2.29. The molecular formula is C22H23ClN4O3. The van der Waals surface area contributed by atoms with Gasteiger partial charge in [0, 0.05) is 23.5 Å². The largest absolute Gasteiger partial charge is 0.489 e. The topological polar surface area (TPSA) is 78.3 Å². The highest BCUT2D eigenvalue weighted by atomic mass is 35.5. The molecule has 1 unspecified atom stereocenters. The van der Waals surface area contributed by atoms with Crippen LogP contribution in [0, 0.1) is 13.8 Å². The minimum atomic E-state index is -0.299. The lowest BCUT2D eigenvalue weighted by Gasteiger charge is -2.15. The maximum Gasteiger partial charge on any atom is 0.257 e. The van der Waals surface area contributed by atoms with Gasteiger partial charge in [-0.05, 0) is 63.1 Å². The van der Waals surface area contributed by atoms with Gasteiger partial charge in [-0.3, -0.25) is 4.79 Å². The zero-order valence-electron chi connectivity index (χ0n) is 16.9. The van der Waals surface area contributed by atoms with Crippen LogP contribution in [0.2, 0.25) is 5.02 Å². The van der Waals surface area contributed by atoms with E-state index in [1.807, 2.05) is 19.9 Å². The van der Waals surface area contributed by atoms with E-state index in [-0.39, 0.29) is 12.0 Å². The molecule has 1 N–H and O–H groups in total. The summed E-state index contributed by atoms with van der Waals surface area (Å²) in [7, 11) is 0. The van der Waals surface area contributed by atoms with E-state index in [0.717, 1.165) is 30.8 Å². The third kappa shape index (κ3) is 4.63. The summed E-state index contributed by atoms with van der Waals surface area (Å²) >= 11 is 6.13. The van der Waals surface area contributed by atoms with Crippen molar-refractivity contribution in [1.29, 1.82) is 0 Å². The lowest BCUT2D eigenvalue weighted by atomic mass is 10.2. The third-order valence-electron chi connectivity index (χ3n) is 4.88. The number of hydrogen-bond donors (Lipinski definition) is 1. The highest BCUT2D eigenvalue weighted by Gasteiger charge is 2.18. The molecule has 1 aliphatic rings. The zero-order chi connectivity index (χ0) is 21.1. The summed E-state index contributed by atoms with van der Waals surface area (Å²) in [6.07, 6.45) is 3.62. The first-order chi connectivity index (χ1) is 14.5. The number of halogens is 1. The van der Waals surface area contributed by atoms with Crippen LogP contribution in [0.5, 0.6) is 5.75 Å². The number of aryl methyl sites for hydroxylation is 2. The summed E-state index contributed by atoms with van der Waals surface area (Å²) in [5.74, 6) is 0.905. The van der Waals surface area contributed by atoms with Gasteiger partial charge in [-0.15, -0.1) is 0 Å². The summed E-state index contributed by atoms with van der Waals surface area (Å²) < 4.78 is 13.2. The lowest BCUT2D eigenvalue weighted by Crippen LogP contribution is -2.18. The Balaban J connectivity index is 1.47. The van der Waals surface area contributed by atoms with Crippen molar-refractivity contribution in [3.8, 4) is 11.6 Å². The molecule has 0 saturated carbocycles. The van der Waals surface area contributed by atoms with E-state index in [1.165, 1.54) is 6.20 Å². The maximum atomic E-state index is 12.8. The molecule has 30 heavy (non-hydrogen) atoms. The van der Waals surface area contributed by atoms with Gasteiger partial charge in [0.05, 0.1) is 23.0 Å². The number of rotatable bonds is 6. The van der Waals surface area contributed by atoms with E-state index in [0.29, 0.717) is 34.4 Å². The standard InChI is InChI=1S/C22H23ClN4O3/c1-14-10-15(2)27(26-14)21-8-5-16(12-24-21)22(28)25-19-11-17(23)6-7-20(19)30-13-18-4-3-9-29-18/h5-8,10-12,18H,3-4,9,13H2,1-2H3,(H,25,28). The third-order valence-corrected chi connectivity index (χ3v) is 5.11. The Hall–Kier alpha value is -2.90. The van der Waals surface area contributed by atoms with Crippen LogP contribution in [0.15, 0.2) is 42.6 Å². The number of anilines is 1. The Kier molecular flexibility index (Phi) is 6.01. The second-order valence-corrected chi connectivity index (χ2v) is 7.72. The van der Waals surface area contributed by atoms with Crippen LogP contribution in [0.1, 0.15) is 34.6 Å². The van der Waals surface area contributed by atoms with Crippen LogP contribution in [0.25, 0.3) is 5.82 Å². The number of hydrogen-bond acceptors (Lipinski definition) is 5. The second-order valence-electron chi connectivity index (χ2n) is 7.28. The SMILES string of the molecule is Cc1cc(C)n(-c2ccc(C(=O)Nc3cc(Cl)ccc3OCC3CCCO3)cn2)n1. The van der Waals surface area contributed by atoms with Crippen molar-refractivity contribution in [2.75, 3.05) is 18.5 Å². The molecule has 3 heterocycles. The van der Waals surface area contributed by atoms with Crippen LogP contribution in [0.3, 0.4) is 0 Å². The first-order valence-electron chi connectivity index (χ1n) is 9.84. The van der Waals surface area contributed by atoms with E-state index < -0.39 is 0 Å². The molecule has 8 heteroatoms. The van der Waals surface area contributed by atoms with Crippen LogP contribution in [-0.2, 0) is 4.74 Å². The minimum Gasteiger partial charge on any atom is -0.489 e. The average Bonchev–Trinajstić information content (AvgIpc) is 3.36. The molecule has 156 valence electrons. The van der Waals surface area contributed by atoms with Crippen LogP contribution >= 0.6 is 11.6 Å². The Morgan fingerprint density at radius 3 is 2.83 bits per heavy atom. The number of nitrogens with one attached hydrogen (secondary N) is 1. The second kappa shape index (κ2) is 8.85. The Morgan fingerprint density at radius 2 is 2.17 bits per heavy atom. The lowest BCUT2D eigenvalue weighted by molar-refractivity contribution is 0.0682. The number of carbonyl (C=O) groups is 1. The fraction of sp³-hybridized carbons (Fsp3) is 0.318. The predicted octanol–water partition coefficient (Wildman–Crippen LogP) is 4.35. The van der Waals surface area contributed by atoms with Crippen LogP contribution < -0.4 is 10.1 Å². The van der Waals surface area contributed by atoms with Gasteiger partial charge >= 0.3 is 0 Å². The van der Waals surface area contributed by atoms with Crippen molar-refractivity contribution in [3.63, 3.8) is 0 Å². The Morgan fingerprint density at radius 1 is 1.30 bits per heavy atom. The van der Waals surface area contributed by atoms with Crippen molar-refractivity contribution in [3.05, 3.63) is 64.6 Å². The number of amides is 1. The van der Waals surface area contributed by atoms with Gasteiger partial charge in [0.1, 0.15) is 12.4 Å². The van der Waals surface area contributed by atoms with E-state index in [9.17, 15) is 4.79 Å². The van der Waals surface area contributed by atoms with Crippen molar-refractivity contribution in [1.82, 2.24) is 14.8 Å². The summed E-state index contributed by atoms with van der Waals surface area (Å²) in [6.45, 7) is 5.08. The van der Waals surface area contributed by atoms with E-state index in [4.69, 9.17) is 21.1 Å². The van der Waals surface area contributed by atoms with Crippen molar-refractivity contribution in [2.24, 2.45) is 0 Å². The molecule has 0 aliphatic carbocycles.